The van der Waals surface area contributed by atoms with Crippen molar-refractivity contribution in [2.45, 2.75) is 12.2 Å². The van der Waals surface area contributed by atoms with Gasteiger partial charge in [0.05, 0.1) is 12.2 Å². The van der Waals surface area contributed by atoms with Gasteiger partial charge in [0.25, 0.3) is 0 Å². The van der Waals surface area contributed by atoms with E-state index < -0.39 is 22.6 Å². The average molecular weight is 309 g/mol. The van der Waals surface area contributed by atoms with Gasteiger partial charge < -0.3 is 5.11 Å². The number of rotatable bonds is 5. The molecule has 0 fully saturated rings. The van der Waals surface area contributed by atoms with E-state index in [4.69, 9.17) is 5.11 Å². The minimum atomic E-state index is -1.35. The van der Waals surface area contributed by atoms with Crippen molar-refractivity contribution in [1.29, 1.82) is 0 Å². The Hall–Kier alpha value is -0.750. The van der Waals surface area contributed by atoms with Crippen LogP contribution >= 0.6 is 15.9 Å². The molecule has 1 rings (SSSR count). The molecule has 1 aromatic rings. The van der Waals surface area contributed by atoms with Crippen molar-refractivity contribution in [3.05, 3.63) is 34.1 Å². The fourth-order valence-corrected chi connectivity index (χ4v) is 2.62. The van der Waals surface area contributed by atoms with Crippen LogP contribution in [0.4, 0.5) is 4.39 Å². The molecular weight excluding hydrogens is 299 g/mol. The summed E-state index contributed by atoms with van der Waals surface area (Å²) in [5.41, 5.74) is 0.332. The maximum absolute atomic E-state index is 13.3. The Morgan fingerprint density at radius 2 is 2.19 bits per heavy atom. The molecule has 16 heavy (non-hydrogen) atoms. The molecule has 0 saturated heterocycles. The normalized spacial score (nSPS) is 12.4. The zero-order chi connectivity index (χ0) is 12.1. The lowest BCUT2D eigenvalue weighted by atomic mass is 10.2. The lowest BCUT2D eigenvalue weighted by molar-refractivity contribution is -0.136. The third kappa shape index (κ3) is 4.40. The predicted octanol–water partition coefficient (Wildman–Crippen LogP) is 2.31. The van der Waals surface area contributed by atoms with Crippen molar-refractivity contribution in [3.63, 3.8) is 0 Å². The second-order valence-corrected chi connectivity index (χ2v) is 5.66. The third-order valence-electron chi connectivity index (χ3n) is 1.87. The average Bonchev–Trinajstić information content (AvgIpc) is 2.20. The van der Waals surface area contributed by atoms with Crippen molar-refractivity contribution in [2.24, 2.45) is 0 Å². The molecule has 0 amide bonds. The topological polar surface area (TPSA) is 54.4 Å². The van der Waals surface area contributed by atoms with Crippen LogP contribution in [0, 0.1) is 5.82 Å². The van der Waals surface area contributed by atoms with E-state index in [9.17, 15) is 13.4 Å². The minimum absolute atomic E-state index is 0.0402. The number of aliphatic carboxylic acids is 1. The maximum Gasteiger partial charge on any atom is 0.304 e. The van der Waals surface area contributed by atoms with E-state index in [-0.39, 0.29) is 17.9 Å². The molecule has 0 bridgehead atoms. The molecule has 0 aliphatic rings. The van der Waals surface area contributed by atoms with Crippen molar-refractivity contribution in [2.75, 3.05) is 5.75 Å². The zero-order valence-electron chi connectivity index (χ0n) is 8.28. The Morgan fingerprint density at radius 1 is 1.50 bits per heavy atom. The molecule has 1 atom stereocenters. The van der Waals surface area contributed by atoms with Gasteiger partial charge in [-0.2, -0.15) is 0 Å². The van der Waals surface area contributed by atoms with Crippen LogP contribution in [0.25, 0.3) is 0 Å². The van der Waals surface area contributed by atoms with E-state index in [1.165, 1.54) is 6.07 Å². The predicted molar refractivity (Wildman–Crippen MR) is 63.1 cm³/mol. The number of carboxylic acids is 1. The van der Waals surface area contributed by atoms with Crippen LogP contribution in [-0.2, 0) is 21.3 Å². The summed E-state index contributed by atoms with van der Waals surface area (Å²) in [6, 6.07) is 4.39. The Morgan fingerprint density at radius 3 is 2.81 bits per heavy atom. The highest BCUT2D eigenvalue weighted by Gasteiger charge is 2.09. The van der Waals surface area contributed by atoms with Crippen LogP contribution in [0.1, 0.15) is 12.0 Å². The number of carbonyl (C=O) groups is 1. The standard InChI is InChI=1S/C10H10BrFO3S/c11-8-1-2-9(12)7(5-8)6-16(15)4-3-10(13)14/h1-2,5H,3-4,6H2,(H,13,14). The molecular formula is C10H10BrFO3S. The van der Waals surface area contributed by atoms with Crippen LogP contribution in [0.15, 0.2) is 22.7 Å². The van der Waals surface area contributed by atoms with Crippen LogP contribution in [0.3, 0.4) is 0 Å². The van der Waals surface area contributed by atoms with Crippen LogP contribution < -0.4 is 0 Å². The highest BCUT2D eigenvalue weighted by molar-refractivity contribution is 9.10. The van der Waals surface area contributed by atoms with Crippen molar-refractivity contribution in [1.82, 2.24) is 0 Å². The van der Waals surface area contributed by atoms with Gasteiger partial charge in [-0.15, -0.1) is 0 Å². The Bertz CT molecular complexity index is 423. The summed E-state index contributed by atoms with van der Waals surface area (Å²) < 4.78 is 25.4. The van der Waals surface area contributed by atoms with Gasteiger partial charge in [0.1, 0.15) is 5.82 Å². The molecule has 0 spiro atoms. The molecule has 1 unspecified atom stereocenters. The van der Waals surface area contributed by atoms with E-state index in [1.54, 1.807) is 12.1 Å². The van der Waals surface area contributed by atoms with Gasteiger partial charge in [0, 0.05) is 26.6 Å². The Labute approximate surface area is 103 Å². The van der Waals surface area contributed by atoms with Gasteiger partial charge in [0.2, 0.25) is 0 Å². The molecule has 0 aromatic heterocycles. The molecule has 0 saturated carbocycles. The van der Waals surface area contributed by atoms with Crippen molar-refractivity contribution >= 4 is 32.7 Å². The molecule has 0 heterocycles. The lowest BCUT2D eigenvalue weighted by Crippen LogP contribution is -2.07. The van der Waals surface area contributed by atoms with E-state index in [1.807, 2.05) is 0 Å². The highest BCUT2D eigenvalue weighted by atomic mass is 79.9. The first kappa shape index (κ1) is 13.3. The lowest BCUT2D eigenvalue weighted by Gasteiger charge is -2.03. The summed E-state index contributed by atoms with van der Waals surface area (Å²) >= 11 is 3.19. The van der Waals surface area contributed by atoms with Gasteiger partial charge in [0.15, 0.2) is 0 Å². The van der Waals surface area contributed by atoms with Gasteiger partial charge >= 0.3 is 5.97 Å². The maximum atomic E-state index is 13.3. The molecule has 0 aliphatic carbocycles. The number of benzene rings is 1. The number of hydrogen-bond donors (Lipinski definition) is 1. The number of hydrogen-bond acceptors (Lipinski definition) is 2. The first-order chi connectivity index (χ1) is 7.49. The number of halogens is 2. The molecule has 0 radical (unpaired) electrons. The van der Waals surface area contributed by atoms with Gasteiger partial charge in [-0.25, -0.2) is 4.39 Å². The molecule has 88 valence electrons. The molecule has 6 heteroatoms. The van der Waals surface area contributed by atoms with Crippen LogP contribution in [0.5, 0.6) is 0 Å². The summed E-state index contributed by atoms with van der Waals surface area (Å²) in [5.74, 6) is -1.34. The van der Waals surface area contributed by atoms with Crippen LogP contribution in [0.2, 0.25) is 0 Å². The number of carboxylic acid groups (broad SMARTS) is 1. The zero-order valence-corrected chi connectivity index (χ0v) is 10.7. The van der Waals surface area contributed by atoms with Gasteiger partial charge in [-0.05, 0) is 18.2 Å². The first-order valence-corrected chi connectivity index (χ1v) is 6.78. The summed E-state index contributed by atoms with van der Waals surface area (Å²) in [5, 5.41) is 8.41. The summed E-state index contributed by atoms with van der Waals surface area (Å²) in [7, 11) is -1.35. The van der Waals surface area contributed by atoms with Crippen molar-refractivity contribution in [3.8, 4) is 0 Å². The molecule has 1 aromatic carbocycles. The van der Waals surface area contributed by atoms with E-state index >= 15 is 0 Å². The second-order valence-electron chi connectivity index (χ2n) is 3.17. The Kier molecular flexibility index (Phi) is 5.08. The quantitative estimate of drug-likeness (QED) is 0.908. The molecule has 0 aliphatic heterocycles. The van der Waals surface area contributed by atoms with Crippen LogP contribution in [-0.4, -0.2) is 21.0 Å². The third-order valence-corrected chi connectivity index (χ3v) is 3.65. The summed E-state index contributed by atoms with van der Waals surface area (Å²) in [6.07, 6.45) is -0.164. The Balaban J connectivity index is 2.62. The smallest absolute Gasteiger partial charge is 0.304 e. The first-order valence-electron chi connectivity index (χ1n) is 4.49. The SMILES string of the molecule is O=C(O)CCS(=O)Cc1cc(Br)ccc1F. The fraction of sp³-hybridized carbons (Fsp3) is 0.300. The second kappa shape index (κ2) is 6.10. The van der Waals surface area contributed by atoms with Crippen molar-refractivity contribution < 1.29 is 18.5 Å². The van der Waals surface area contributed by atoms with Gasteiger partial charge in [-0.3, -0.25) is 9.00 Å². The van der Waals surface area contributed by atoms with E-state index in [0.717, 1.165) is 0 Å². The summed E-state index contributed by atoms with van der Waals surface area (Å²) in [4.78, 5) is 10.3. The minimum Gasteiger partial charge on any atom is -0.481 e. The highest BCUT2D eigenvalue weighted by Crippen LogP contribution is 2.17. The summed E-state index contributed by atoms with van der Waals surface area (Å²) in [6.45, 7) is 0. The van der Waals surface area contributed by atoms with E-state index in [0.29, 0.717) is 10.0 Å². The fourth-order valence-electron chi connectivity index (χ4n) is 1.10. The largest absolute Gasteiger partial charge is 0.481 e. The monoisotopic (exact) mass is 308 g/mol. The molecule has 1 N–H and O–H groups in total. The van der Waals surface area contributed by atoms with Gasteiger partial charge in [-0.1, -0.05) is 15.9 Å². The molecule has 3 nitrogen and oxygen atoms in total. The van der Waals surface area contributed by atoms with E-state index in [2.05, 4.69) is 15.9 Å².